The van der Waals surface area contributed by atoms with Crippen molar-refractivity contribution in [2.24, 2.45) is 4.99 Å². The number of aliphatic imine (C=N–C) groups is 1. The Kier molecular flexibility index (Phi) is 9.53. The molecule has 176 valence electrons. The lowest BCUT2D eigenvalue weighted by Gasteiger charge is -2.22. The smallest absolute Gasteiger partial charge is 0.226 e. The molecule has 1 aromatic carbocycles. The Balaban J connectivity index is 0.00000306. The Bertz CT molecular complexity index is 1030. The SMILES string of the molecule is CN=C(NCc1ccnc(N2CCCCCC2)c1)NCc1coc(-c2ccc(C)cc2)n1.I. The van der Waals surface area contributed by atoms with Gasteiger partial charge in [0.2, 0.25) is 5.89 Å². The molecule has 0 bridgehead atoms. The van der Waals surface area contributed by atoms with Gasteiger partial charge in [-0.1, -0.05) is 30.5 Å². The average Bonchev–Trinajstić information content (AvgIpc) is 3.12. The van der Waals surface area contributed by atoms with E-state index in [2.05, 4.69) is 55.6 Å². The largest absolute Gasteiger partial charge is 0.444 e. The van der Waals surface area contributed by atoms with Crippen molar-refractivity contribution in [3.8, 4) is 11.5 Å². The van der Waals surface area contributed by atoms with Crippen LogP contribution in [0, 0.1) is 6.92 Å². The van der Waals surface area contributed by atoms with Crippen molar-refractivity contribution in [3.63, 3.8) is 0 Å². The van der Waals surface area contributed by atoms with Gasteiger partial charge in [0.1, 0.15) is 12.1 Å². The third-order valence-electron chi connectivity index (χ3n) is 5.71. The van der Waals surface area contributed by atoms with Gasteiger partial charge in [0, 0.05) is 38.4 Å². The fourth-order valence-corrected chi connectivity index (χ4v) is 3.84. The fraction of sp³-hybridized carbons (Fsp3) is 0.400. The number of hydrogen-bond donors (Lipinski definition) is 2. The minimum atomic E-state index is 0. The summed E-state index contributed by atoms with van der Waals surface area (Å²) in [7, 11) is 1.77. The number of anilines is 1. The summed E-state index contributed by atoms with van der Waals surface area (Å²) in [6.45, 7) is 5.46. The van der Waals surface area contributed by atoms with Crippen LogP contribution >= 0.6 is 24.0 Å². The van der Waals surface area contributed by atoms with Gasteiger partial charge in [-0.3, -0.25) is 4.99 Å². The number of guanidine groups is 1. The first kappa shape index (κ1) is 25.0. The molecule has 1 aliphatic rings. The summed E-state index contributed by atoms with van der Waals surface area (Å²) in [5.41, 5.74) is 4.20. The molecule has 7 nitrogen and oxygen atoms in total. The topological polar surface area (TPSA) is 78.6 Å². The number of hydrogen-bond acceptors (Lipinski definition) is 5. The molecule has 0 unspecified atom stereocenters. The van der Waals surface area contributed by atoms with E-state index in [1.165, 1.54) is 36.8 Å². The van der Waals surface area contributed by atoms with Crippen LogP contribution in [0.1, 0.15) is 42.5 Å². The number of halogens is 1. The number of aromatic nitrogens is 2. The van der Waals surface area contributed by atoms with Crippen LogP contribution in [-0.2, 0) is 13.1 Å². The molecule has 3 heterocycles. The van der Waals surface area contributed by atoms with Crippen LogP contribution in [0.3, 0.4) is 0 Å². The molecule has 1 fully saturated rings. The highest BCUT2D eigenvalue weighted by atomic mass is 127. The summed E-state index contributed by atoms with van der Waals surface area (Å²) in [6, 6.07) is 12.4. The predicted molar refractivity (Wildman–Crippen MR) is 144 cm³/mol. The molecule has 1 aliphatic heterocycles. The van der Waals surface area contributed by atoms with Gasteiger partial charge in [0.25, 0.3) is 0 Å². The second kappa shape index (κ2) is 12.6. The molecule has 8 heteroatoms. The van der Waals surface area contributed by atoms with Crippen LogP contribution < -0.4 is 15.5 Å². The maximum absolute atomic E-state index is 5.64. The van der Waals surface area contributed by atoms with Gasteiger partial charge in [-0.25, -0.2) is 9.97 Å². The first-order valence-corrected chi connectivity index (χ1v) is 11.4. The molecule has 1 saturated heterocycles. The molecule has 3 aromatic rings. The van der Waals surface area contributed by atoms with E-state index in [0.29, 0.717) is 19.0 Å². The van der Waals surface area contributed by atoms with Crippen molar-refractivity contribution in [2.75, 3.05) is 25.0 Å². The number of rotatable bonds is 6. The highest BCUT2D eigenvalue weighted by Crippen LogP contribution is 2.19. The van der Waals surface area contributed by atoms with E-state index in [4.69, 9.17) is 4.42 Å². The minimum Gasteiger partial charge on any atom is -0.444 e. The van der Waals surface area contributed by atoms with Crippen LogP contribution in [0.4, 0.5) is 5.82 Å². The Hall–Kier alpha value is -2.62. The van der Waals surface area contributed by atoms with Crippen molar-refractivity contribution >= 4 is 35.8 Å². The normalized spacial score (nSPS) is 14.4. The fourth-order valence-electron chi connectivity index (χ4n) is 3.84. The summed E-state index contributed by atoms with van der Waals surface area (Å²) in [5.74, 6) is 2.42. The highest BCUT2D eigenvalue weighted by Gasteiger charge is 2.12. The maximum Gasteiger partial charge on any atom is 0.226 e. The highest BCUT2D eigenvalue weighted by molar-refractivity contribution is 14.0. The van der Waals surface area contributed by atoms with Gasteiger partial charge < -0.3 is 20.0 Å². The summed E-state index contributed by atoms with van der Waals surface area (Å²) < 4.78 is 5.64. The Morgan fingerprint density at radius 3 is 2.48 bits per heavy atom. The van der Waals surface area contributed by atoms with E-state index in [1.807, 2.05) is 24.4 Å². The van der Waals surface area contributed by atoms with E-state index in [0.717, 1.165) is 36.1 Å². The molecule has 0 aliphatic carbocycles. The zero-order valence-corrected chi connectivity index (χ0v) is 21.7. The zero-order valence-electron chi connectivity index (χ0n) is 19.4. The Morgan fingerprint density at radius 1 is 1.03 bits per heavy atom. The quantitative estimate of drug-likeness (QED) is 0.254. The summed E-state index contributed by atoms with van der Waals surface area (Å²) in [5, 5.41) is 6.68. The van der Waals surface area contributed by atoms with Gasteiger partial charge in [-0.05, 0) is 49.6 Å². The molecule has 2 aromatic heterocycles. The number of oxazole rings is 1. The van der Waals surface area contributed by atoms with Gasteiger partial charge in [0.05, 0.1) is 12.2 Å². The van der Waals surface area contributed by atoms with E-state index in [-0.39, 0.29) is 24.0 Å². The molecule has 0 saturated carbocycles. The van der Waals surface area contributed by atoms with Crippen molar-refractivity contribution in [2.45, 2.75) is 45.7 Å². The number of aryl methyl sites for hydroxylation is 1. The van der Waals surface area contributed by atoms with E-state index < -0.39 is 0 Å². The van der Waals surface area contributed by atoms with Crippen molar-refractivity contribution in [1.82, 2.24) is 20.6 Å². The average molecular weight is 560 g/mol. The number of pyridine rings is 1. The molecule has 2 N–H and O–H groups in total. The lowest BCUT2D eigenvalue weighted by Crippen LogP contribution is -2.36. The zero-order chi connectivity index (χ0) is 22.2. The monoisotopic (exact) mass is 560 g/mol. The molecule has 0 spiro atoms. The molecule has 0 radical (unpaired) electrons. The van der Waals surface area contributed by atoms with E-state index >= 15 is 0 Å². The summed E-state index contributed by atoms with van der Waals surface area (Å²) in [6.07, 6.45) is 8.71. The van der Waals surface area contributed by atoms with E-state index in [9.17, 15) is 0 Å². The number of nitrogens with zero attached hydrogens (tertiary/aromatic N) is 4. The third-order valence-corrected chi connectivity index (χ3v) is 5.71. The molecular formula is C25H33IN6O. The van der Waals surface area contributed by atoms with E-state index in [1.54, 1.807) is 13.3 Å². The Labute approximate surface area is 213 Å². The first-order chi connectivity index (χ1) is 15.7. The standard InChI is InChI=1S/C25H32N6O.HI/c1-19-7-9-21(10-8-19)24-30-22(18-32-24)17-29-25(26-2)28-16-20-11-12-27-23(15-20)31-13-5-3-4-6-14-31;/h7-12,15,18H,3-6,13-14,16-17H2,1-2H3,(H2,26,28,29);1H. The van der Waals surface area contributed by atoms with Crippen LogP contribution in [0.15, 0.2) is 58.3 Å². The van der Waals surface area contributed by atoms with Crippen molar-refractivity contribution in [3.05, 3.63) is 65.7 Å². The van der Waals surface area contributed by atoms with Gasteiger partial charge in [0.15, 0.2) is 5.96 Å². The van der Waals surface area contributed by atoms with Crippen LogP contribution in [0.5, 0.6) is 0 Å². The Morgan fingerprint density at radius 2 is 1.76 bits per heavy atom. The van der Waals surface area contributed by atoms with Crippen molar-refractivity contribution < 1.29 is 4.42 Å². The van der Waals surface area contributed by atoms with Crippen LogP contribution in [0.25, 0.3) is 11.5 Å². The molecule has 0 atom stereocenters. The second-order valence-corrected chi connectivity index (χ2v) is 8.21. The van der Waals surface area contributed by atoms with Crippen molar-refractivity contribution in [1.29, 1.82) is 0 Å². The predicted octanol–water partition coefficient (Wildman–Crippen LogP) is 4.91. The maximum atomic E-state index is 5.64. The molecule has 33 heavy (non-hydrogen) atoms. The summed E-state index contributed by atoms with van der Waals surface area (Å²) in [4.78, 5) is 15.9. The lowest BCUT2D eigenvalue weighted by atomic mass is 10.1. The van der Waals surface area contributed by atoms with Gasteiger partial charge in [-0.2, -0.15) is 0 Å². The molecule has 4 rings (SSSR count). The van der Waals surface area contributed by atoms with Gasteiger partial charge in [-0.15, -0.1) is 24.0 Å². The number of benzene rings is 1. The second-order valence-electron chi connectivity index (χ2n) is 8.21. The van der Waals surface area contributed by atoms with Crippen LogP contribution in [0.2, 0.25) is 0 Å². The third kappa shape index (κ3) is 7.18. The number of nitrogens with one attached hydrogen (secondary N) is 2. The molecular weight excluding hydrogens is 527 g/mol. The molecule has 0 amide bonds. The first-order valence-electron chi connectivity index (χ1n) is 11.4. The summed E-state index contributed by atoms with van der Waals surface area (Å²) >= 11 is 0. The minimum absolute atomic E-state index is 0. The van der Waals surface area contributed by atoms with Gasteiger partial charge >= 0.3 is 0 Å². The lowest BCUT2D eigenvalue weighted by molar-refractivity contribution is 0.572. The van der Waals surface area contributed by atoms with Crippen LogP contribution in [-0.4, -0.2) is 36.1 Å².